The van der Waals surface area contributed by atoms with Crippen LogP contribution in [0.1, 0.15) is 17.4 Å². The lowest BCUT2D eigenvalue weighted by Gasteiger charge is -2.10. The summed E-state index contributed by atoms with van der Waals surface area (Å²) in [6.07, 6.45) is 0. The molecule has 3 aromatic rings. The first-order valence-electron chi connectivity index (χ1n) is 7.60. The van der Waals surface area contributed by atoms with Gasteiger partial charge in [-0.25, -0.2) is 4.39 Å². The highest BCUT2D eigenvalue weighted by molar-refractivity contribution is 6.06. The van der Waals surface area contributed by atoms with E-state index < -0.39 is 5.91 Å². The molecule has 25 heavy (non-hydrogen) atoms. The number of nitrogens with zero attached hydrogens (tertiary/aromatic N) is 3. The van der Waals surface area contributed by atoms with Crippen molar-refractivity contribution in [1.82, 2.24) is 15.0 Å². The molecule has 0 spiro atoms. The number of anilines is 2. The fourth-order valence-corrected chi connectivity index (χ4v) is 2.26. The average molecular weight is 341 g/mol. The van der Waals surface area contributed by atoms with Crippen LogP contribution in [-0.2, 0) is 0 Å². The number of carbonyl (C=O) groups excluding carboxylic acids is 1. The Bertz CT molecular complexity index is 892. The number of hydrogen-bond donors (Lipinski definition) is 2. The molecule has 3 rings (SSSR count). The zero-order valence-corrected chi connectivity index (χ0v) is 13.4. The van der Waals surface area contributed by atoms with Crippen LogP contribution in [0.15, 0.2) is 48.5 Å². The number of nitrogens with two attached hydrogens (primary N) is 1. The molecule has 7 nitrogen and oxygen atoms in total. The van der Waals surface area contributed by atoms with E-state index in [1.807, 2.05) is 6.92 Å². The van der Waals surface area contributed by atoms with Gasteiger partial charge in [0.05, 0.1) is 18.0 Å². The van der Waals surface area contributed by atoms with E-state index >= 15 is 0 Å². The van der Waals surface area contributed by atoms with Crippen LogP contribution in [-0.4, -0.2) is 27.5 Å². The van der Waals surface area contributed by atoms with Crippen molar-refractivity contribution in [3.63, 3.8) is 0 Å². The Morgan fingerprint density at radius 3 is 2.68 bits per heavy atom. The molecular formula is C17H16FN5O2. The topological polar surface area (TPSA) is 95.1 Å². The van der Waals surface area contributed by atoms with E-state index in [2.05, 4.69) is 15.6 Å². The summed E-state index contributed by atoms with van der Waals surface area (Å²) in [7, 11) is 0. The number of halogens is 1. The SMILES string of the molecule is CCOc1ccccc1NC(=O)c1nnn(-c2ccc(F)cc2)c1N. The molecule has 0 saturated carbocycles. The highest BCUT2D eigenvalue weighted by Gasteiger charge is 2.19. The number of rotatable bonds is 5. The third kappa shape index (κ3) is 3.42. The van der Waals surface area contributed by atoms with Crippen LogP contribution < -0.4 is 15.8 Å². The van der Waals surface area contributed by atoms with Crippen molar-refractivity contribution in [3.05, 3.63) is 60.0 Å². The van der Waals surface area contributed by atoms with Gasteiger partial charge in [-0.2, -0.15) is 4.68 Å². The van der Waals surface area contributed by atoms with Crippen LogP contribution in [0.25, 0.3) is 5.69 Å². The molecule has 0 atom stereocenters. The number of carbonyl (C=O) groups is 1. The van der Waals surface area contributed by atoms with Crippen LogP contribution in [0, 0.1) is 5.82 Å². The van der Waals surface area contributed by atoms with E-state index in [1.165, 1.54) is 28.9 Å². The number of nitrogens with one attached hydrogen (secondary N) is 1. The third-order valence-electron chi connectivity index (χ3n) is 3.43. The number of benzene rings is 2. The number of aromatic nitrogens is 3. The van der Waals surface area contributed by atoms with Gasteiger partial charge in [0.25, 0.3) is 5.91 Å². The Labute approximate surface area is 143 Å². The van der Waals surface area contributed by atoms with Gasteiger partial charge in [0, 0.05) is 0 Å². The Balaban J connectivity index is 1.85. The van der Waals surface area contributed by atoms with Crippen LogP contribution in [0.3, 0.4) is 0 Å². The minimum absolute atomic E-state index is 0.0318. The first kappa shape index (κ1) is 16.4. The zero-order chi connectivity index (χ0) is 17.8. The molecule has 128 valence electrons. The second-order valence-corrected chi connectivity index (χ2v) is 5.09. The molecule has 1 heterocycles. The van der Waals surface area contributed by atoms with Crippen molar-refractivity contribution in [3.8, 4) is 11.4 Å². The van der Waals surface area contributed by atoms with Gasteiger partial charge in [0.2, 0.25) is 0 Å². The smallest absolute Gasteiger partial charge is 0.280 e. The van der Waals surface area contributed by atoms with Gasteiger partial charge in [0.1, 0.15) is 11.6 Å². The summed E-state index contributed by atoms with van der Waals surface area (Å²) in [5.74, 6) is -0.299. The van der Waals surface area contributed by atoms with E-state index in [9.17, 15) is 9.18 Å². The maximum absolute atomic E-state index is 13.0. The minimum Gasteiger partial charge on any atom is -0.492 e. The monoisotopic (exact) mass is 341 g/mol. The van der Waals surface area contributed by atoms with Gasteiger partial charge >= 0.3 is 0 Å². The van der Waals surface area contributed by atoms with E-state index in [1.54, 1.807) is 24.3 Å². The van der Waals surface area contributed by atoms with Crippen molar-refractivity contribution in [2.75, 3.05) is 17.7 Å². The minimum atomic E-state index is -0.516. The molecule has 0 aliphatic heterocycles. The molecule has 0 fully saturated rings. The molecular weight excluding hydrogens is 325 g/mol. The van der Waals surface area contributed by atoms with Crippen molar-refractivity contribution in [2.45, 2.75) is 6.92 Å². The molecule has 0 radical (unpaired) electrons. The predicted octanol–water partition coefficient (Wildman–Crippen LogP) is 2.64. The largest absolute Gasteiger partial charge is 0.492 e. The second-order valence-electron chi connectivity index (χ2n) is 5.09. The average Bonchev–Trinajstić information content (AvgIpc) is 2.99. The summed E-state index contributed by atoms with van der Waals surface area (Å²) in [5.41, 5.74) is 6.95. The molecule has 1 aromatic heterocycles. The van der Waals surface area contributed by atoms with Crippen molar-refractivity contribution in [1.29, 1.82) is 0 Å². The van der Waals surface area contributed by atoms with Gasteiger partial charge in [0.15, 0.2) is 11.5 Å². The lowest BCUT2D eigenvalue weighted by atomic mass is 10.2. The highest BCUT2D eigenvalue weighted by atomic mass is 19.1. The Kier molecular flexibility index (Phi) is 4.60. The molecule has 0 saturated heterocycles. The van der Waals surface area contributed by atoms with E-state index in [0.29, 0.717) is 23.7 Å². The molecule has 8 heteroatoms. The third-order valence-corrected chi connectivity index (χ3v) is 3.43. The molecule has 3 N–H and O–H groups in total. The number of hydrogen-bond acceptors (Lipinski definition) is 5. The molecule has 2 aromatic carbocycles. The Morgan fingerprint density at radius 2 is 1.96 bits per heavy atom. The number of amides is 1. The number of para-hydroxylation sites is 2. The van der Waals surface area contributed by atoms with Crippen LogP contribution in [0.2, 0.25) is 0 Å². The van der Waals surface area contributed by atoms with Crippen molar-refractivity contribution in [2.24, 2.45) is 0 Å². The summed E-state index contributed by atoms with van der Waals surface area (Å²) in [4.78, 5) is 12.5. The Morgan fingerprint density at radius 1 is 1.24 bits per heavy atom. The van der Waals surface area contributed by atoms with E-state index in [-0.39, 0.29) is 17.3 Å². The summed E-state index contributed by atoms with van der Waals surface area (Å²) >= 11 is 0. The summed E-state index contributed by atoms with van der Waals surface area (Å²) in [5, 5.41) is 10.4. The Hall–Kier alpha value is -3.42. The summed E-state index contributed by atoms with van der Waals surface area (Å²) < 4.78 is 19.8. The van der Waals surface area contributed by atoms with Crippen molar-refractivity contribution >= 4 is 17.4 Å². The second kappa shape index (κ2) is 7.00. The van der Waals surface area contributed by atoms with Gasteiger partial charge in [-0.15, -0.1) is 5.10 Å². The van der Waals surface area contributed by atoms with Crippen LogP contribution >= 0.6 is 0 Å². The van der Waals surface area contributed by atoms with Crippen LogP contribution in [0.4, 0.5) is 15.9 Å². The standard InChI is InChI=1S/C17H16FN5O2/c1-2-25-14-6-4-3-5-13(14)20-17(24)15-16(19)23(22-21-15)12-9-7-11(18)8-10-12/h3-10H,2,19H2,1H3,(H,20,24). The summed E-state index contributed by atoms with van der Waals surface area (Å²) in [6, 6.07) is 12.6. The fraction of sp³-hybridized carbons (Fsp3) is 0.118. The van der Waals surface area contributed by atoms with E-state index in [0.717, 1.165) is 0 Å². The lowest BCUT2D eigenvalue weighted by Crippen LogP contribution is -2.15. The molecule has 0 aliphatic rings. The maximum Gasteiger partial charge on any atom is 0.280 e. The van der Waals surface area contributed by atoms with Gasteiger partial charge in [-0.05, 0) is 43.3 Å². The predicted molar refractivity (Wildman–Crippen MR) is 91.3 cm³/mol. The fourth-order valence-electron chi connectivity index (χ4n) is 2.26. The highest BCUT2D eigenvalue weighted by Crippen LogP contribution is 2.25. The molecule has 0 unspecified atom stereocenters. The summed E-state index contributed by atoms with van der Waals surface area (Å²) in [6.45, 7) is 2.32. The van der Waals surface area contributed by atoms with E-state index in [4.69, 9.17) is 10.5 Å². The molecule has 0 aliphatic carbocycles. The zero-order valence-electron chi connectivity index (χ0n) is 13.4. The van der Waals surface area contributed by atoms with Crippen molar-refractivity contribution < 1.29 is 13.9 Å². The number of nitrogen functional groups attached to an aromatic ring is 1. The van der Waals surface area contributed by atoms with Gasteiger partial charge < -0.3 is 15.8 Å². The molecule has 1 amide bonds. The normalized spacial score (nSPS) is 10.5. The maximum atomic E-state index is 13.0. The quantitative estimate of drug-likeness (QED) is 0.744. The first-order chi connectivity index (χ1) is 12.1. The first-order valence-corrected chi connectivity index (χ1v) is 7.60. The number of ether oxygens (including phenoxy) is 1. The van der Waals surface area contributed by atoms with Gasteiger partial charge in [-0.3, -0.25) is 4.79 Å². The van der Waals surface area contributed by atoms with Crippen LogP contribution in [0.5, 0.6) is 5.75 Å². The molecule has 0 bridgehead atoms. The van der Waals surface area contributed by atoms with Gasteiger partial charge in [-0.1, -0.05) is 17.3 Å². The lowest BCUT2D eigenvalue weighted by molar-refractivity contribution is 0.102.